The number of nitrogens with one attached hydrogen (secondary N) is 1. The Morgan fingerprint density at radius 1 is 1.47 bits per heavy atom. The molecule has 1 amide bonds. The van der Waals surface area contributed by atoms with Crippen LogP contribution >= 0.6 is 15.9 Å². The number of carbonyl (C=O) groups is 1. The van der Waals surface area contributed by atoms with Crippen molar-refractivity contribution in [3.8, 4) is 5.75 Å². The van der Waals surface area contributed by atoms with Gasteiger partial charge in [0.2, 0.25) is 0 Å². The standard InChI is InChI=1S/C12H16BrNO3/c1-7(2)11(16)6-14-12(17)9-4-3-8(13)5-10(9)15/h3-5,7,11,15-16H,6H2,1-2H3,(H,14,17). The number of aromatic hydroxyl groups is 1. The molecule has 1 atom stereocenters. The largest absolute Gasteiger partial charge is 0.507 e. The van der Waals surface area contributed by atoms with E-state index in [1.165, 1.54) is 12.1 Å². The van der Waals surface area contributed by atoms with E-state index in [4.69, 9.17) is 0 Å². The van der Waals surface area contributed by atoms with Gasteiger partial charge in [-0.25, -0.2) is 0 Å². The number of rotatable bonds is 4. The highest BCUT2D eigenvalue weighted by atomic mass is 79.9. The lowest BCUT2D eigenvalue weighted by molar-refractivity contribution is 0.0869. The Balaban J connectivity index is 2.64. The second-order valence-electron chi connectivity index (χ2n) is 4.18. The fraction of sp³-hybridized carbons (Fsp3) is 0.417. The van der Waals surface area contributed by atoms with Crippen LogP contribution in [0, 0.1) is 5.92 Å². The van der Waals surface area contributed by atoms with Crippen LogP contribution in [-0.2, 0) is 0 Å². The van der Waals surface area contributed by atoms with E-state index in [2.05, 4.69) is 21.2 Å². The maximum Gasteiger partial charge on any atom is 0.255 e. The predicted molar refractivity (Wildman–Crippen MR) is 69.0 cm³/mol. The lowest BCUT2D eigenvalue weighted by Gasteiger charge is -2.15. The minimum atomic E-state index is -0.587. The molecule has 3 N–H and O–H groups in total. The normalized spacial score (nSPS) is 12.5. The lowest BCUT2D eigenvalue weighted by atomic mass is 10.1. The van der Waals surface area contributed by atoms with E-state index in [-0.39, 0.29) is 23.8 Å². The van der Waals surface area contributed by atoms with Gasteiger partial charge in [-0.05, 0) is 24.1 Å². The Hall–Kier alpha value is -1.07. The van der Waals surface area contributed by atoms with Gasteiger partial charge < -0.3 is 15.5 Å². The summed E-state index contributed by atoms with van der Waals surface area (Å²) in [6.07, 6.45) is -0.587. The highest BCUT2D eigenvalue weighted by Gasteiger charge is 2.14. The number of amides is 1. The van der Waals surface area contributed by atoms with Crippen LogP contribution in [0.4, 0.5) is 0 Å². The smallest absolute Gasteiger partial charge is 0.255 e. The Kier molecular flexibility index (Phi) is 4.96. The van der Waals surface area contributed by atoms with Crippen LogP contribution in [0.5, 0.6) is 5.75 Å². The summed E-state index contributed by atoms with van der Waals surface area (Å²) in [6.45, 7) is 3.91. The average molecular weight is 302 g/mol. The lowest BCUT2D eigenvalue weighted by Crippen LogP contribution is -2.34. The molecule has 0 aromatic heterocycles. The van der Waals surface area contributed by atoms with Crippen molar-refractivity contribution in [1.82, 2.24) is 5.32 Å². The molecule has 94 valence electrons. The van der Waals surface area contributed by atoms with Crippen molar-refractivity contribution >= 4 is 21.8 Å². The van der Waals surface area contributed by atoms with Crippen molar-refractivity contribution in [2.24, 2.45) is 5.92 Å². The minimum absolute atomic E-state index is 0.0776. The van der Waals surface area contributed by atoms with Crippen LogP contribution < -0.4 is 5.32 Å². The fourth-order valence-electron chi connectivity index (χ4n) is 1.22. The number of benzene rings is 1. The van der Waals surface area contributed by atoms with Crippen LogP contribution in [0.25, 0.3) is 0 Å². The molecule has 5 heteroatoms. The second-order valence-corrected chi connectivity index (χ2v) is 5.10. The fourth-order valence-corrected chi connectivity index (χ4v) is 1.57. The molecule has 1 aromatic carbocycles. The monoisotopic (exact) mass is 301 g/mol. The predicted octanol–water partition coefficient (Wildman–Crippen LogP) is 1.90. The van der Waals surface area contributed by atoms with Gasteiger partial charge >= 0.3 is 0 Å². The van der Waals surface area contributed by atoms with Crippen molar-refractivity contribution in [1.29, 1.82) is 0 Å². The van der Waals surface area contributed by atoms with Gasteiger partial charge in [0.15, 0.2) is 0 Å². The molecule has 1 unspecified atom stereocenters. The summed E-state index contributed by atoms with van der Waals surface area (Å²) in [4.78, 5) is 11.7. The van der Waals surface area contributed by atoms with E-state index >= 15 is 0 Å². The van der Waals surface area contributed by atoms with Gasteiger partial charge in [0.1, 0.15) is 5.75 Å². The topological polar surface area (TPSA) is 69.6 Å². The first kappa shape index (κ1) is 14.0. The van der Waals surface area contributed by atoms with E-state index < -0.39 is 12.0 Å². The van der Waals surface area contributed by atoms with Gasteiger partial charge in [-0.15, -0.1) is 0 Å². The van der Waals surface area contributed by atoms with Crippen LogP contribution in [0.2, 0.25) is 0 Å². The van der Waals surface area contributed by atoms with Gasteiger partial charge in [-0.1, -0.05) is 29.8 Å². The summed E-state index contributed by atoms with van der Waals surface area (Å²) in [6, 6.07) is 4.65. The first-order chi connectivity index (χ1) is 7.91. The number of halogens is 1. The van der Waals surface area contributed by atoms with Gasteiger partial charge in [0.05, 0.1) is 11.7 Å². The Morgan fingerprint density at radius 2 is 2.12 bits per heavy atom. The number of phenolic OH excluding ortho intramolecular Hbond substituents is 1. The van der Waals surface area contributed by atoms with Crippen molar-refractivity contribution in [3.05, 3.63) is 28.2 Å². The van der Waals surface area contributed by atoms with E-state index in [0.29, 0.717) is 4.47 Å². The Bertz CT molecular complexity index is 407. The molecule has 4 nitrogen and oxygen atoms in total. The van der Waals surface area contributed by atoms with Crippen molar-refractivity contribution in [2.45, 2.75) is 20.0 Å². The first-order valence-corrected chi connectivity index (χ1v) is 6.16. The summed E-state index contributed by atoms with van der Waals surface area (Å²) >= 11 is 3.19. The summed E-state index contributed by atoms with van der Waals surface area (Å²) in [5, 5.41) is 21.7. The van der Waals surface area contributed by atoms with Crippen molar-refractivity contribution in [2.75, 3.05) is 6.54 Å². The third-order valence-electron chi connectivity index (χ3n) is 2.45. The number of phenols is 1. The number of aliphatic hydroxyl groups is 1. The quantitative estimate of drug-likeness (QED) is 0.795. The van der Waals surface area contributed by atoms with E-state index in [0.717, 1.165) is 0 Å². The molecule has 0 saturated carbocycles. The number of hydrogen-bond donors (Lipinski definition) is 3. The van der Waals surface area contributed by atoms with Crippen LogP contribution in [0.1, 0.15) is 24.2 Å². The zero-order valence-electron chi connectivity index (χ0n) is 9.77. The molecule has 0 fully saturated rings. The Morgan fingerprint density at radius 3 is 2.65 bits per heavy atom. The van der Waals surface area contributed by atoms with Crippen LogP contribution in [0.3, 0.4) is 0 Å². The van der Waals surface area contributed by atoms with Crippen LogP contribution in [-0.4, -0.2) is 28.8 Å². The molecule has 0 aliphatic heterocycles. The van der Waals surface area contributed by atoms with Crippen molar-refractivity contribution < 1.29 is 15.0 Å². The van der Waals surface area contributed by atoms with Gasteiger partial charge in [-0.3, -0.25) is 4.79 Å². The third kappa shape index (κ3) is 4.02. The SMILES string of the molecule is CC(C)C(O)CNC(=O)c1ccc(Br)cc1O. The van der Waals surface area contributed by atoms with E-state index in [1.54, 1.807) is 6.07 Å². The molecular formula is C12H16BrNO3. The molecule has 0 bridgehead atoms. The van der Waals surface area contributed by atoms with E-state index in [9.17, 15) is 15.0 Å². The number of aliphatic hydroxyl groups excluding tert-OH is 1. The molecule has 0 spiro atoms. The highest BCUT2D eigenvalue weighted by molar-refractivity contribution is 9.10. The zero-order valence-corrected chi connectivity index (χ0v) is 11.4. The molecule has 0 aliphatic rings. The van der Waals surface area contributed by atoms with Gasteiger partial charge in [0, 0.05) is 11.0 Å². The summed E-state index contributed by atoms with van der Waals surface area (Å²) in [5.41, 5.74) is 0.198. The first-order valence-electron chi connectivity index (χ1n) is 5.36. The molecule has 0 heterocycles. The summed E-state index contributed by atoms with van der Waals surface area (Å²) < 4.78 is 0.703. The minimum Gasteiger partial charge on any atom is -0.507 e. The maximum atomic E-state index is 11.7. The number of carbonyl (C=O) groups excluding carboxylic acids is 1. The van der Waals surface area contributed by atoms with Crippen molar-refractivity contribution in [3.63, 3.8) is 0 Å². The number of hydrogen-bond acceptors (Lipinski definition) is 3. The van der Waals surface area contributed by atoms with E-state index in [1.807, 2.05) is 13.8 Å². The molecule has 0 saturated heterocycles. The third-order valence-corrected chi connectivity index (χ3v) is 2.94. The maximum absolute atomic E-state index is 11.7. The van der Waals surface area contributed by atoms with Gasteiger partial charge in [-0.2, -0.15) is 0 Å². The molecule has 0 aliphatic carbocycles. The molecule has 1 aromatic rings. The summed E-state index contributed by atoms with van der Waals surface area (Å²) in [5.74, 6) is -0.403. The van der Waals surface area contributed by atoms with Gasteiger partial charge in [0.25, 0.3) is 5.91 Å². The molecule has 0 radical (unpaired) electrons. The average Bonchev–Trinajstić information content (AvgIpc) is 2.25. The molecular weight excluding hydrogens is 286 g/mol. The molecule has 17 heavy (non-hydrogen) atoms. The zero-order chi connectivity index (χ0) is 13.0. The Labute approximate surface area is 109 Å². The second kappa shape index (κ2) is 6.02. The molecule has 1 rings (SSSR count). The highest BCUT2D eigenvalue weighted by Crippen LogP contribution is 2.22. The summed E-state index contributed by atoms with van der Waals surface area (Å²) in [7, 11) is 0. The van der Waals surface area contributed by atoms with Crippen LogP contribution in [0.15, 0.2) is 22.7 Å².